The molecule has 118 valence electrons. The van der Waals surface area contributed by atoms with Crippen LogP contribution in [0.5, 0.6) is 11.5 Å². The molecule has 2 rings (SSSR count). The summed E-state index contributed by atoms with van der Waals surface area (Å²) in [4.78, 5) is 7.94. The highest BCUT2D eigenvalue weighted by atomic mass is 19.4. The van der Waals surface area contributed by atoms with Gasteiger partial charge in [-0.25, -0.2) is 9.97 Å². The van der Waals surface area contributed by atoms with Crippen molar-refractivity contribution in [3.8, 4) is 11.5 Å². The molecule has 2 aromatic rings. The van der Waals surface area contributed by atoms with Crippen molar-refractivity contribution in [2.45, 2.75) is 19.8 Å². The number of aromatic nitrogens is 2. The Morgan fingerprint density at radius 2 is 1.77 bits per heavy atom. The Hall–Kier alpha value is -2.51. The summed E-state index contributed by atoms with van der Waals surface area (Å²) in [6, 6.07) is 5.77. The summed E-state index contributed by atoms with van der Waals surface area (Å²) in [5.41, 5.74) is 0.553. The van der Waals surface area contributed by atoms with Crippen molar-refractivity contribution in [1.29, 1.82) is 0 Å². The van der Waals surface area contributed by atoms with Crippen LogP contribution in [-0.4, -0.2) is 22.9 Å². The Bertz CT molecular complexity index is 606. The molecular weight excluding hydrogens is 299 g/mol. The fourth-order valence-corrected chi connectivity index (χ4v) is 1.75. The van der Waals surface area contributed by atoms with E-state index in [4.69, 9.17) is 4.74 Å². The molecule has 0 radical (unpaired) electrons. The van der Waals surface area contributed by atoms with Crippen LogP contribution >= 0.6 is 0 Å². The maximum Gasteiger partial charge on any atom is 0.573 e. The van der Waals surface area contributed by atoms with Crippen LogP contribution in [0.15, 0.2) is 36.7 Å². The van der Waals surface area contributed by atoms with Gasteiger partial charge in [0, 0.05) is 25.0 Å². The number of rotatable bonds is 6. The first-order valence-corrected chi connectivity index (χ1v) is 6.49. The fourth-order valence-electron chi connectivity index (χ4n) is 1.75. The van der Waals surface area contributed by atoms with Crippen LogP contribution in [0.3, 0.4) is 0 Å². The van der Waals surface area contributed by atoms with Gasteiger partial charge < -0.3 is 14.8 Å². The summed E-state index contributed by atoms with van der Waals surface area (Å²) in [5, 5.41) is 2.91. The van der Waals surface area contributed by atoms with Gasteiger partial charge in [0.05, 0.1) is 6.61 Å². The lowest BCUT2D eigenvalue weighted by Crippen LogP contribution is -2.17. The van der Waals surface area contributed by atoms with Crippen LogP contribution in [0, 0.1) is 0 Å². The van der Waals surface area contributed by atoms with Gasteiger partial charge in [-0.1, -0.05) is 0 Å². The Morgan fingerprint density at radius 1 is 1.09 bits per heavy atom. The lowest BCUT2D eigenvalue weighted by molar-refractivity contribution is -0.274. The summed E-state index contributed by atoms with van der Waals surface area (Å²) >= 11 is 0. The average Bonchev–Trinajstić information content (AvgIpc) is 2.44. The van der Waals surface area contributed by atoms with Gasteiger partial charge in [0.2, 0.25) is 5.95 Å². The van der Waals surface area contributed by atoms with E-state index >= 15 is 0 Å². The molecule has 0 aliphatic heterocycles. The average molecular weight is 313 g/mol. The molecule has 1 N–H and O–H groups in total. The zero-order chi connectivity index (χ0) is 16.0. The zero-order valence-corrected chi connectivity index (χ0v) is 11.7. The summed E-state index contributed by atoms with van der Waals surface area (Å²) in [6.45, 7) is 2.32. The number of hydrogen-bond acceptors (Lipinski definition) is 5. The number of nitrogens with one attached hydrogen (secondary N) is 1. The highest BCUT2D eigenvalue weighted by Crippen LogP contribution is 2.28. The van der Waals surface area contributed by atoms with Crippen molar-refractivity contribution in [2.75, 3.05) is 11.9 Å². The molecule has 0 spiro atoms. The maximum atomic E-state index is 12.3. The quantitative estimate of drug-likeness (QED) is 0.886. The van der Waals surface area contributed by atoms with Gasteiger partial charge in [0.25, 0.3) is 0 Å². The van der Waals surface area contributed by atoms with E-state index in [0.717, 1.165) is 0 Å². The Labute approximate surface area is 125 Å². The van der Waals surface area contributed by atoms with Crippen LogP contribution in [0.1, 0.15) is 12.5 Å². The van der Waals surface area contributed by atoms with E-state index in [1.807, 2.05) is 0 Å². The van der Waals surface area contributed by atoms with Crippen molar-refractivity contribution in [3.63, 3.8) is 0 Å². The molecule has 0 aliphatic rings. The molecule has 0 bridgehead atoms. The first-order valence-electron chi connectivity index (χ1n) is 6.49. The van der Waals surface area contributed by atoms with Crippen molar-refractivity contribution in [2.24, 2.45) is 0 Å². The molecule has 1 aromatic heterocycles. The van der Waals surface area contributed by atoms with E-state index in [9.17, 15) is 13.2 Å². The first-order chi connectivity index (χ1) is 10.5. The second-order valence-electron chi connectivity index (χ2n) is 4.22. The van der Waals surface area contributed by atoms with Crippen LogP contribution in [-0.2, 0) is 6.54 Å². The van der Waals surface area contributed by atoms with E-state index in [0.29, 0.717) is 23.9 Å². The number of hydrogen-bond donors (Lipinski definition) is 1. The topological polar surface area (TPSA) is 56.3 Å². The standard InChI is InChI=1S/C14H14F3N3O2/c1-2-21-11-6-10(7-12(8-11)22-14(15,16)17)9-20-13-18-4-3-5-19-13/h3-8H,2,9H2,1H3,(H,18,19,20). The number of halogens is 3. The smallest absolute Gasteiger partial charge is 0.494 e. The van der Waals surface area contributed by atoms with Gasteiger partial charge in [0.15, 0.2) is 0 Å². The molecular formula is C14H14F3N3O2. The van der Waals surface area contributed by atoms with Crippen molar-refractivity contribution < 1.29 is 22.6 Å². The van der Waals surface area contributed by atoms with Crippen molar-refractivity contribution in [3.05, 3.63) is 42.2 Å². The molecule has 0 amide bonds. The Kier molecular flexibility index (Phi) is 5.03. The largest absolute Gasteiger partial charge is 0.573 e. The van der Waals surface area contributed by atoms with Gasteiger partial charge in [0.1, 0.15) is 11.5 Å². The maximum absolute atomic E-state index is 12.3. The van der Waals surface area contributed by atoms with Crippen molar-refractivity contribution >= 4 is 5.95 Å². The normalized spacial score (nSPS) is 11.1. The molecule has 1 aromatic carbocycles. The second-order valence-corrected chi connectivity index (χ2v) is 4.22. The molecule has 1 heterocycles. The SMILES string of the molecule is CCOc1cc(CNc2ncccn2)cc(OC(F)(F)F)c1. The predicted octanol–water partition coefficient (Wildman–Crippen LogP) is 3.39. The number of alkyl halides is 3. The van der Waals surface area contributed by atoms with Crippen LogP contribution < -0.4 is 14.8 Å². The van der Waals surface area contributed by atoms with Gasteiger partial charge in [-0.3, -0.25) is 0 Å². The van der Waals surface area contributed by atoms with Crippen LogP contribution in [0.25, 0.3) is 0 Å². The van der Waals surface area contributed by atoms with E-state index in [1.54, 1.807) is 31.5 Å². The van der Waals surface area contributed by atoms with E-state index in [-0.39, 0.29) is 12.3 Å². The molecule has 22 heavy (non-hydrogen) atoms. The third-order valence-electron chi connectivity index (χ3n) is 2.50. The molecule has 0 aliphatic carbocycles. The van der Waals surface area contributed by atoms with Crippen LogP contribution in [0.2, 0.25) is 0 Å². The highest BCUT2D eigenvalue weighted by molar-refractivity contribution is 5.40. The zero-order valence-electron chi connectivity index (χ0n) is 11.7. The summed E-state index contributed by atoms with van der Waals surface area (Å²) < 4.78 is 46.2. The van der Waals surface area contributed by atoms with Gasteiger partial charge in [-0.2, -0.15) is 0 Å². The molecule has 8 heteroatoms. The molecule has 0 atom stereocenters. The van der Waals surface area contributed by atoms with E-state index in [2.05, 4.69) is 20.0 Å². The van der Waals surface area contributed by atoms with Gasteiger partial charge in [-0.05, 0) is 30.7 Å². The number of anilines is 1. The van der Waals surface area contributed by atoms with Crippen LogP contribution in [0.4, 0.5) is 19.1 Å². The molecule has 0 unspecified atom stereocenters. The molecule has 0 saturated carbocycles. The summed E-state index contributed by atoms with van der Waals surface area (Å²) in [7, 11) is 0. The molecule has 0 fully saturated rings. The van der Waals surface area contributed by atoms with E-state index in [1.165, 1.54) is 12.1 Å². The third-order valence-corrected chi connectivity index (χ3v) is 2.50. The minimum Gasteiger partial charge on any atom is -0.494 e. The minimum absolute atomic E-state index is 0.235. The van der Waals surface area contributed by atoms with Gasteiger partial charge in [-0.15, -0.1) is 13.2 Å². The molecule has 0 saturated heterocycles. The van der Waals surface area contributed by atoms with E-state index < -0.39 is 6.36 Å². The fraction of sp³-hybridized carbons (Fsp3) is 0.286. The Morgan fingerprint density at radius 3 is 2.41 bits per heavy atom. The monoisotopic (exact) mass is 313 g/mol. The first kappa shape index (κ1) is 15.9. The number of ether oxygens (including phenoxy) is 2. The lowest BCUT2D eigenvalue weighted by atomic mass is 10.2. The second kappa shape index (κ2) is 6.97. The minimum atomic E-state index is -4.75. The van der Waals surface area contributed by atoms with Gasteiger partial charge >= 0.3 is 6.36 Å². The summed E-state index contributed by atoms with van der Waals surface area (Å²) in [5.74, 6) is 0.349. The predicted molar refractivity (Wildman–Crippen MR) is 73.7 cm³/mol. The molecule has 5 nitrogen and oxygen atoms in total. The van der Waals surface area contributed by atoms with Crippen molar-refractivity contribution in [1.82, 2.24) is 9.97 Å². The number of benzene rings is 1. The Balaban J connectivity index is 2.14. The third kappa shape index (κ3) is 5.12. The lowest BCUT2D eigenvalue weighted by Gasteiger charge is -2.13. The highest BCUT2D eigenvalue weighted by Gasteiger charge is 2.31. The number of nitrogens with zero attached hydrogens (tertiary/aromatic N) is 2. The summed E-state index contributed by atoms with van der Waals surface area (Å²) in [6.07, 6.45) is -1.63.